The van der Waals surface area contributed by atoms with Gasteiger partial charge >= 0.3 is 11.9 Å². The Bertz CT molecular complexity index is 738. The van der Waals surface area contributed by atoms with Gasteiger partial charge in [-0.3, -0.25) is 9.59 Å². The molecule has 0 aromatic carbocycles. The van der Waals surface area contributed by atoms with Crippen LogP contribution < -0.4 is 0 Å². The number of hydrogen-bond acceptors (Lipinski definition) is 3. The molecule has 1 unspecified atom stereocenters. The molecule has 0 fully saturated rings. The van der Waals surface area contributed by atoms with E-state index in [2.05, 4.69) is 50.3 Å². The van der Waals surface area contributed by atoms with Gasteiger partial charge in [-0.05, 0) is 64.2 Å². The molecule has 0 bridgehead atoms. The van der Waals surface area contributed by atoms with E-state index >= 15 is 0 Å². The van der Waals surface area contributed by atoms with Crippen LogP contribution in [-0.4, -0.2) is 23.1 Å². The number of ether oxygens (including phenoxy) is 1. The third-order valence-corrected chi connectivity index (χ3v) is 8.88. The molecule has 0 heterocycles. The van der Waals surface area contributed by atoms with E-state index in [1.165, 1.54) is 116 Å². The van der Waals surface area contributed by atoms with E-state index in [1.807, 2.05) is 0 Å². The van der Waals surface area contributed by atoms with Crippen LogP contribution in [0.4, 0.5) is 0 Å². The van der Waals surface area contributed by atoms with Gasteiger partial charge in [0.2, 0.25) is 0 Å². The summed E-state index contributed by atoms with van der Waals surface area (Å²) < 4.78 is 5.93. The highest BCUT2D eigenvalue weighted by Gasteiger charge is 2.14. The summed E-state index contributed by atoms with van der Waals surface area (Å²) in [7, 11) is 0. The molecule has 0 radical (unpaired) electrons. The largest absolute Gasteiger partial charge is 0.481 e. The lowest BCUT2D eigenvalue weighted by molar-refractivity contribution is -0.150. The van der Waals surface area contributed by atoms with Crippen molar-refractivity contribution in [3.05, 3.63) is 36.5 Å². The van der Waals surface area contributed by atoms with E-state index in [0.29, 0.717) is 12.8 Å². The zero-order valence-electron chi connectivity index (χ0n) is 30.6. The number of esters is 1. The standard InChI is InChI=1S/C42H76O4/c1-3-5-7-8-9-10-11-12-13-14-15-16-17-18-23-26-29-32-35-39-42(45)46-40(36-6-4-2)37-33-30-27-24-21-19-20-22-25-28-31-34-38-41(43)44/h5,7,9-10,12-13,40H,3-4,6,8,11,14-39H2,1-2H3,(H,43,44)/b7-5-,10-9-,13-12-. The number of hydrogen-bond donors (Lipinski definition) is 1. The van der Waals surface area contributed by atoms with Crippen molar-refractivity contribution in [1.82, 2.24) is 0 Å². The molecule has 0 aliphatic rings. The second-order valence-corrected chi connectivity index (χ2v) is 13.4. The lowest BCUT2D eigenvalue weighted by Gasteiger charge is -2.18. The second-order valence-electron chi connectivity index (χ2n) is 13.4. The van der Waals surface area contributed by atoms with Gasteiger partial charge in [0, 0.05) is 12.8 Å². The highest BCUT2D eigenvalue weighted by atomic mass is 16.5. The first-order chi connectivity index (χ1) is 22.6. The molecule has 4 nitrogen and oxygen atoms in total. The van der Waals surface area contributed by atoms with Crippen molar-refractivity contribution in [3.63, 3.8) is 0 Å². The summed E-state index contributed by atoms with van der Waals surface area (Å²) in [6.45, 7) is 4.38. The fraction of sp³-hybridized carbons (Fsp3) is 0.810. The lowest BCUT2D eigenvalue weighted by Crippen LogP contribution is -2.18. The van der Waals surface area contributed by atoms with Crippen LogP contribution in [-0.2, 0) is 14.3 Å². The third kappa shape index (κ3) is 36.6. The molecule has 0 spiro atoms. The van der Waals surface area contributed by atoms with Crippen LogP contribution in [0.25, 0.3) is 0 Å². The summed E-state index contributed by atoms with van der Waals surface area (Å²) in [5, 5.41) is 8.67. The molecule has 0 aromatic rings. The van der Waals surface area contributed by atoms with Crippen LogP contribution in [0.5, 0.6) is 0 Å². The van der Waals surface area contributed by atoms with Gasteiger partial charge in [0.15, 0.2) is 0 Å². The zero-order chi connectivity index (χ0) is 33.6. The molecule has 1 atom stereocenters. The number of unbranched alkanes of at least 4 members (excludes halogenated alkanes) is 21. The van der Waals surface area contributed by atoms with Crippen molar-refractivity contribution in [1.29, 1.82) is 0 Å². The average molecular weight is 645 g/mol. The highest BCUT2D eigenvalue weighted by Crippen LogP contribution is 2.18. The van der Waals surface area contributed by atoms with Gasteiger partial charge in [0.25, 0.3) is 0 Å². The number of carbonyl (C=O) groups excluding carboxylic acids is 1. The molecule has 0 aliphatic carbocycles. The number of carboxylic acids is 1. The first-order valence-corrected chi connectivity index (χ1v) is 20.0. The Morgan fingerprint density at radius 3 is 1.41 bits per heavy atom. The van der Waals surface area contributed by atoms with E-state index < -0.39 is 5.97 Å². The summed E-state index contributed by atoms with van der Waals surface area (Å²) in [6, 6.07) is 0. The molecule has 4 heteroatoms. The van der Waals surface area contributed by atoms with Crippen LogP contribution in [0.2, 0.25) is 0 Å². The van der Waals surface area contributed by atoms with E-state index in [1.54, 1.807) is 0 Å². The first kappa shape index (κ1) is 44.2. The molecule has 0 aliphatic heterocycles. The Morgan fingerprint density at radius 2 is 0.913 bits per heavy atom. The first-order valence-electron chi connectivity index (χ1n) is 20.0. The Labute approximate surface area is 286 Å². The van der Waals surface area contributed by atoms with Gasteiger partial charge in [-0.2, -0.15) is 0 Å². The minimum absolute atomic E-state index is 0.0252. The summed E-state index contributed by atoms with van der Waals surface area (Å²) in [5.74, 6) is -0.645. The average Bonchev–Trinajstić information content (AvgIpc) is 3.04. The number of allylic oxidation sites excluding steroid dienone is 6. The Morgan fingerprint density at radius 1 is 0.500 bits per heavy atom. The molecule has 0 saturated carbocycles. The number of carbonyl (C=O) groups is 2. The third-order valence-electron chi connectivity index (χ3n) is 8.88. The van der Waals surface area contributed by atoms with Crippen LogP contribution in [0, 0.1) is 0 Å². The van der Waals surface area contributed by atoms with Crippen LogP contribution in [0.15, 0.2) is 36.5 Å². The zero-order valence-corrected chi connectivity index (χ0v) is 30.6. The Hall–Kier alpha value is -1.84. The summed E-state index contributed by atoms with van der Waals surface area (Å²) in [6.07, 6.45) is 49.3. The molecule has 0 rings (SSSR count). The van der Waals surface area contributed by atoms with Crippen molar-refractivity contribution in [2.24, 2.45) is 0 Å². The molecule has 1 N–H and O–H groups in total. The SMILES string of the molecule is CC/C=C\C/C=C\C/C=C\CCCCCCCCCCCC(=O)OC(CCCC)CCCCCCCCCCCCCCC(=O)O. The van der Waals surface area contributed by atoms with Gasteiger partial charge in [0.05, 0.1) is 0 Å². The van der Waals surface area contributed by atoms with E-state index in [9.17, 15) is 9.59 Å². The fourth-order valence-electron chi connectivity index (χ4n) is 5.95. The number of carboxylic acid groups (broad SMARTS) is 1. The minimum Gasteiger partial charge on any atom is -0.481 e. The summed E-state index contributed by atoms with van der Waals surface area (Å²) in [5.41, 5.74) is 0. The topological polar surface area (TPSA) is 63.6 Å². The number of aliphatic carboxylic acids is 1. The molecule has 0 amide bonds. The van der Waals surface area contributed by atoms with Gasteiger partial charge in [-0.25, -0.2) is 0 Å². The maximum Gasteiger partial charge on any atom is 0.306 e. The molecule has 0 aromatic heterocycles. The smallest absolute Gasteiger partial charge is 0.306 e. The second kappa shape index (κ2) is 37.6. The Balaban J connectivity index is 3.63. The van der Waals surface area contributed by atoms with Crippen LogP contribution >= 0.6 is 0 Å². The van der Waals surface area contributed by atoms with Crippen molar-refractivity contribution >= 4 is 11.9 Å². The molecular weight excluding hydrogens is 568 g/mol. The fourth-order valence-corrected chi connectivity index (χ4v) is 5.95. The molecule has 46 heavy (non-hydrogen) atoms. The molecular formula is C42H76O4. The molecule has 0 saturated heterocycles. The number of rotatable bonds is 36. The van der Waals surface area contributed by atoms with E-state index in [0.717, 1.165) is 70.6 Å². The summed E-state index contributed by atoms with van der Waals surface area (Å²) in [4.78, 5) is 23.0. The van der Waals surface area contributed by atoms with Crippen LogP contribution in [0.3, 0.4) is 0 Å². The van der Waals surface area contributed by atoms with Crippen LogP contribution in [0.1, 0.15) is 213 Å². The maximum absolute atomic E-state index is 12.5. The van der Waals surface area contributed by atoms with Crippen molar-refractivity contribution < 1.29 is 19.4 Å². The maximum atomic E-state index is 12.5. The van der Waals surface area contributed by atoms with Crippen molar-refractivity contribution in [2.45, 2.75) is 219 Å². The van der Waals surface area contributed by atoms with Gasteiger partial charge in [0.1, 0.15) is 6.10 Å². The molecule has 268 valence electrons. The predicted octanol–water partition coefficient (Wildman–Crippen LogP) is 13.8. The van der Waals surface area contributed by atoms with E-state index in [-0.39, 0.29) is 12.1 Å². The lowest BCUT2D eigenvalue weighted by atomic mass is 10.0. The normalized spacial score (nSPS) is 12.6. The monoisotopic (exact) mass is 645 g/mol. The summed E-state index contributed by atoms with van der Waals surface area (Å²) >= 11 is 0. The highest BCUT2D eigenvalue weighted by molar-refractivity contribution is 5.69. The van der Waals surface area contributed by atoms with E-state index in [4.69, 9.17) is 9.84 Å². The van der Waals surface area contributed by atoms with Gasteiger partial charge in [-0.1, -0.05) is 172 Å². The quantitative estimate of drug-likeness (QED) is 0.0419. The minimum atomic E-state index is -0.671. The van der Waals surface area contributed by atoms with Gasteiger partial charge in [-0.15, -0.1) is 0 Å². The van der Waals surface area contributed by atoms with Gasteiger partial charge < -0.3 is 9.84 Å². The predicted molar refractivity (Wildman–Crippen MR) is 199 cm³/mol. The van der Waals surface area contributed by atoms with Crippen molar-refractivity contribution in [2.75, 3.05) is 0 Å². The van der Waals surface area contributed by atoms with Crippen molar-refractivity contribution in [3.8, 4) is 0 Å². The Kier molecular flexibility index (Phi) is 36.1.